The maximum atomic E-state index is 10.8. The largest absolute Gasteiger partial charge is 0.396 e. The van der Waals surface area contributed by atoms with Gasteiger partial charge in [-0.2, -0.15) is 12.6 Å². The van der Waals surface area contributed by atoms with Gasteiger partial charge in [-0.3, -0.25) is 4.79 Å². The molecule has 0 aromatic rings. The summed E-state index contributed by atoms with van der Waals surface area (Å²) < 4.78 is 0. The number of thiol groups is 1. The van der Waals surface area contributed by atoms with Crippen molar-refractivity contribution >= 4 is 18.5 Å². The number of hydrogen-bond donors (Lipinski definition) is 3. The van der Waals surface area contributed by atoms with Gasteiger partial charge >= 0.3 is 0 Å². The van der Waals surface area contributed by atoms with E-state index >= 15 is 0 Å². The molecule has 0 aromatic carbocycles. The minimum absolute atomic E-state index is 0.000278. The molecule has 4 heteroatoms. The SMILES string of the molecule is CC(CO)CNC(=O)CCS. The zero-order valence-corrected chi connectivity index (χ0v) is 7.60. The Bertz CT molecular complexity index is 119. The van der Waals surface area contributed by atoms with Gasteiger partial charge in [-0.05, 0) is 11.7 Å². The van der Waals surface area contributed by atoms with Crippen molar-refractivity contribution in [1.82, 2.24) is 5.32 Å². The maximum absolute atomic E-state index is 10.8. The van der Waals surface area contributed by atoms with Crippen molar-refractivity contribution in [3.63, 3.8) is 0 Å². The smallest absolute Gasteiger partial charge is 0.220 e. The van der Waals surface area contributed by atoms with Gasteiger partial charge in [0.2, 0.25) is 5.91 Å². The molecule has 0 radical (unpaired) electrons. The fourth-order valence-electron chi connectivity index (χ4n) is 0.543. The first-order valence-corrected chi connectivity index (χ1v) is 4.32. The zero-order chi connectivity index (χ0) is 8.69. The molecule has 0 aromatic heterocycles. The van der Waals surface area contributed by atoms with Crippen LogP contribution in [0.25, 0.3) is 0 Å². The lowest BCUT2D eigenvalue weighted by molar-refractivity contribution is -0.120. The lowest BCUT2D eigenvalue weighted by atomic mass is 10.2. The van der Waals surface area contributed by atoms with E-state index in [4.69, 9.17) is 5.11 Å². The highest BCUT2D eigenvalue weighted by Crippen LogP contribution is 1.90. The molecule has 1 unspecified atom stereocenters. The van der Waals surface area contributed by atoms with E-state index in [9.17, 15) is 4.79 Å². The third-order valence-electron chi connectivity index (χ3n) is 1.30. The molecule has 0 aliphatic rings. The van der Waals surface area contributed by atoms with E-state index in [2.05, 4.69) is 17.9 Å². The summed E-state index contributed by atoms with van der Waals surface area (Å²) in [4.78, 5) is 10.8. The molecule has 0 spiro atoms. The Morgan fingerprint density at radius 1 is 1.73 bits per heavy atom. The Kier molecular flexibility index (Phi) is 6.36. The van der Waals surface area contributed by atoms with Crippen molar-refractivity contribution in [2.45, 2.75) is 13.3 Å². The molecule has 0 aliphatic heterocycles. The van der Waals surface area contributed by atoms with Crippen molar-refractivity contribution in [1.29, 1.82) is 0 Å². The fraction of sp³-hybridized carbons (Fsp3) is 0.857. The quantitative estimate of drug-likeness (QED) is 0.520. The molecule has 0 saturated heterocycles. The minimum atomic E-state index is 0.000278. The van der Waals surface area contributed by atoms with Crippen LogP contribution in [-0.2, 0) is 4.79 Å². The highest BCUT2D eigenvalue weighted by atomic mass is 32.1. The van der Waals surface area contributed by atoms with E-state index in [-0.39, 0.29) is 18.4 Å². The molecule has 0 fully saturated rings. The van der Waals surface area contributed by atoms with Crippen LogP contribution in [0.5, 0.6) is 0 Å². The third kappa shape index (κ3) is 6.19. The Hall–Kier alpha value is -0.220. The monoisotopic (exact) mass is 177 g/mol. The van der Waals surface area contributed by atoms with Crippen molar-refractivity contribution in [3.05, 3.63) is 0 Å². The number of carbonyl (C=O) groups excluding carboxylic acids is 1. The van der Waals surface area contributed by atoms with E-state index in [1.165, 1.54) is 0 Å². The Balaban J connectivity index is 3.30. The van der Waals surface area contributed by atoms with Crippen LogP contribution < -0.4 is 5.32 Å². The second-order valence-corrected chi connectivity index (χ2v) is 3.01. The van der Waals surface area contributed by atoms with Crippen LogP contribution in [0.2, 0.25) is 0 Å². The van der Waals surface area contributed by atoms with Crippen LogP contribution in [0.3, 0.4) is 0 Å². The molecule has 66 valence electrons. The van der Waals surface area contributed by atoms with Gasteiger partial charge in [0, 0.05) is 19.6 Å². The van der Waals surface area contributed by atoms with E-state index in [0.717, 1.165) is 0 Å². The van der Waals surface area contributed by atoms with Crippen molar-refractivity contribution in [2.24, 2.45) is 5.92 Å². The van der Waals surface area contributed by atoms with E-state index in [0.29, 0.717) is 18.7 Å². The van der Waals surface area contributed by atoms with Gasteiger partial charge < -0.3 is 10.4 Å². The molecule has 0 heterocycles. The van der Waals surface area contributed by atoms with Gasteiger partial charge in [0.05, 0.1) is 0 Å². The van der Waals surface area contributed by atoms with Crippen LogP contribution in [0.15, 0.2) is 0 Å². The molecule has 2 N–H and O–H groups in total. The standard InChI is InChI=1S/C7H15NO2S/c1-6(5-9)4-8-7(10)2-3-11/h6,9,11H,2-5H2,1H3,(H,8,10). The van der Waals surface area contributed by atoms with Crippen LogP contribution in [0.1, 0.15) is 13.3 Å². The predicted octanol–water partition coefficient (Wildman–Crippen LogP) is 0.0509. The Morgan fingerprint density at radius 3 is 2.82 bits per heavy atom. The lowest BCUT2D eigenvalue weighted by Crippen LogP contribution is -2.29. The molecule has 0 aliphatic carbocycles. The van der Waals surface area contributed by atoms with Crippen LogP contribution in [0, 0.1) is 5.92 Å². The maximum Gasteiger partial charge on any atom is 0.220 e. The summed E-state index contributed by atoms with van der Waals surface area (Å²) in [5.74, 6) is 0.707. The second kappa shape index (κ2) is 6.49. The highest BCUT2D eigenvalue weighted by Gasteiger charge is 2.02. The highest BCUT2D eigenvalue weighted by molar-refractivity contribution is 7.80. The molecule has 1 atom stereocenters. The predicted molar refractivity (Wildman–Crippen MR) is 47.7 cm³/mol. The summed E-state index contributed by atoms with van der Waals surface area (Å²) >= 11 is 3.92. The first-order valence-electron chi connectivity index (χ1n) is 3.69. The molecule has 0 rings (SSSR count). The third-order valence-corrected chi connectivity index (χ3v) is 1.52. The summed E-state index contributed by atoms with van der Waals surface area (Å²) in [6.07, 6.45) is 0.446. The Labute approximate surface area is 72.6 Å². The van der Waals surface area contributed by atoms with E-state index in [1.807, 2.05) is 6.92 Å². The normalized spacial score (nSPS) is 12.6. The van der Waals surface area contributed by atoms with Gasteiger partial charge in [0.15, 0.2) is 0 Å². The van der Waals surface area contributed by atoms with Crippen LogP contribution in [-0.4, -0.2) is 29.9 Å². The number of aliphatic hydroxyl groups excluding tert-OH is 1. The Morgan fingerprint density at radius 2 is 2.36 bits per heavy atom. The van der Waals surface area contributed by atoms with Crippen molar-refractivity contribution in [3.8, 4) is 0 Å². The number of aliphatic hydroxyl groups is 1. The van der Waals surface area contributed by atoms with E-state index < -0.39 is 0 Å². The first-order chi connectivity index (χ1) is 5.20. The van der Waals surface area contributed by atoms with Gasteiger partial charge in [-0.25, -0.2) is 0 Å². The second-order valence-electron chi connectivity index (χ2n) is 2.57. The summed E-state index contributed by atoms with van der Waals surface area (Å²) in [6.45, 7) is 2.53. The number of hydrogen-bond acceptors (Lipinski definition) is 3. The van der Waals surface area contributed by atoms with Gasteiger partial charge in [-0.1, -0.05) is 6.92 Å². The minimum Gasteiger partial charge on any atom is -0.396 e. The van der Waals surface area contributed by atoms with Crippen molar-refractivity contribution in [2.75, 3.05) is 18.9 Å². The van der Waals surface area contributed by atoms with Crippen LogP contribution in [0.4, 0.5) is 0 Å². The molecule has 1 amide bonds. The first kappa shape index (κ1) is 10.8. The number of carbonyl (C=O) groups is 1. The average molecular weight is 177 g/mol. The van der Waals surface area contributed by atoms with Gasteiger partial charge in [0.25, 0.3) is 0 Å². The topological polar surface area (TPSA) is 49.3 Å². The number of amides is 1. The van der Waals surface area contributed by atoms with Gasteiger partial charge in [-0.15, -0.1) is 0 Å². The molecule has 3 nitrogen and oxygen atoms in total. The summed E-state index contributed by atoms with van der Waals surface area (Å²) in [6, 6.07) is 0. The summed E-state index contributed by atoms with van der Waals surface area (Å²) in [5, 5.41) is 11.3. The molecule has 0 saturated carbocycles. The van der Waals surface area contributed by atoms with E-state index in [1.54, 1.807) is 0 Å². The average Bonchev–Trinajstić information content (AvgIpc) is 2.01. The summed E-state index contributed by atoms with van der Waals surface area (Å²) in [7, 11) is 0. The van der Waals surface area contributed by atoms with Crippen LogP contribution >= 0.6 is 12.6 Å². The summed E-state index contributed by atoms with van der Waals surface area (Å²) in [5.41, 5.74) is 0. The number of nitrogens with one attached hydrogen (secondary N) is 1. The molecular formula is C7H15NO2S. The lowest BCUT2D eigenvalue weighted by Gasteiger charge is -2.08. The van der Waals surface area contributed by atoms with Gasteiger partial charge in [0.1, 0.15) is 0 Å². The molecular weight excluding hydrogens is 162 g/mol. The zero-order valence-electron chi connectivity index (χ0n) is 6.71. The van der Waals surface area contributed by atoms with Crippen molar-refractivity contribution < 1.29 is 9.90 Å². The molecule has 0 bridgehead atoms. The fourth-order valence-corrected chi connectivity index (χ4v) is 0.746. The number of rotatable bonds is 5. The molecule has 11 heavy (non-hydrogen) atoms.